The third-order valence-corrected chi connectivity index (χ3v) is 3.60. The van der Waals surface area contributed by atoms with E-state index in [2.05, 4.69) is 11.4 Å². The van der Waals surface area contributed by atoms with Gasteiger partial charge in [0.25, 0.3) is 0 Å². The van der Waals surface area contributed by atoms with Crippen molar-refractivity contribution in [2.24, 2.45) is 0 Å². The summed E-state index contributed by atoms with van der Waals surface area (Å²) in [6.45, 7) is 0. The quantitative estimate of drug-likeness (QED) is 0.839. The van der Waals surface area contributed by atoms with Crippen molar-refractivity contribution in [3.8, 4) is 12.1 Å². The lowest BCUT2D eigenvalue weighted by Gasteiger charge is -2.08. The Labute approximate surface area is 116 Å². The number of hydrogen-bond donors (Lipinski definition) is 1. The van der Waals surface area contributed by atoms with Crippen LogP contribution in [-0.2, 0) is 12.8 Å². The van der Waals surface area contributed by atoms with Crippen LogP contribution in [0.25, 0.3) is 11.0 Å². The number of nitriles is 2. The summed E-state index contributed by atoms with van der Waals surface area (Å²) >= 11 is 0. The molecule has 1 aromatic heterocycles. The summed E-state index contributed by atoms with van der Waals surface area (Å²) in [6.07, 6.45) is 5.83. The van der Waals surface area contributed by atoms with E-state index in [0.717, 1.165) is 35.3 Å². The largest absolute Gasteiger partial charge is 0.459 e. The first-order valence-corrected chi connectivity index (χ1v) is 6.63. The molecular formula is C16H13N3O. The Morgan fingerprint density at radius 3 is 2.80 bits per heavy atom. The van der Waals surface area contributed by atoms with Crippen LogP contribution in [0.4, 0.5) is 5.69 Å². The van der Waals surface area contributed by atoms with Gasteiger partial charge in [-0.25, -0.2) is 0 Å². The van der Waals surface area contributed by atoms with Crippen LogP contribution in [0.5, 0.6) is 0 Å². The van der Waals surface area contributed by atoms with Crippen molar-refractivity contribution in [2.45, 2.75) is 25.7 Å². The van der Waals surface area contributed by atoms with E-state index < -0.39 is 0 Å². The zero-order chi connectivity index (χ0) is 13.9. The van der Waals surface area contributed by atoms with Gasteiger partial charge in [0.15, 0.2) is 5.58 Å². The Hall–Kier alpha value is -2.72. The lowest BCUT2D eigenvalue weighted by atomic mass is 9.96. The number of hydrogen-bond acceptors (Lipinski definition) is 4. The van der Waals surface area contributed by atoms with Gasteiger partial charge in [-0.1, -0.05) is 12.1 Å². The van der Waals surface area contributed by atoms with E-state index in [4.69, 9.17) is 14.9 Å². The number of furan rings is 1. The van der Waals surface area contributed by atoms with Gasteiger partial charge in [-0.15, -0.1) is 0 Å². The first-order chi connectivity index (χ1) is 9.83. The van der Waals surface area contributed by atoms with E-state index in [1.54, 1.807) is 0 Å². The van der Waals surface area contributed by atoms with Crippen LogP contribution in [0.1, 0.15) is 24.2 Å². The molecule has 0 unspecified atom stereocenters. The molecule has 0 spiro atoms. The third-order valence-electron chi connectivity index (χ3n) is 3.60. The summed E-state index contributed by atoms with van der Waals surface area (Å²) < 4.78 is 5.96. The minimum Gasteiger partial charge on any atom is -0.459 e. The van der Waals surface area contributed by atoms with Gasteiger partial charge in [-0.3, -0.25) is 0 Å². The topological polar surface area (TPSA) is 72.8 Å². The molecule has 4 heteroatoms. The van der Waals surface area contributed by atoms with Crippen molar-refractivity contribution in [1.29, 1.82) is 10.5 Å². The fourth-order valence-corrected chi connectivity index (χ4v) is 2.64. The molecule has 0 fully saturated rings. The van der Waals surface area contributed by atoms with Gasteiger partial charge < -0.3 is 9.73 Å². The molecular weight excluding hydrogens is 250 g/mol. The zero-order valence-electron chi connectivity index (χ0n) is 10.9. The summed E-state index contributed by atoms with van der Waals surface area (Å²) in [6, 6.07) is 9.56. The second-order valence-corrected chi connectivity index (χ2v) is 4.82. The Morgan fingerprint density at radius 2 is 2.00 bits per heavy atom. The Bertz CT molecular complexity index is 755. The second kappa shape index (κ2) is 5.11. The predicted octanol–water partition coefficient (Wildman–Crippen LogP) is 3.65. The molecule has 0 amide bonds. The number of nitrogens with zero attached hydrogens (tertiary/aromatic N) is 2. The molecule has 1 aliphatic carbocycles. The minimum atomic E-state index is 0.0401. The molecule has 0 atom stereocenters. The maximum absolute atomic E-state index is 8.75. The number of rotatable bonds is 2. The van der Waals surface area contributed by atoms with Crippen molar-refractivity contribution in [1.82, 2.24) is 0 Å². The number of anilines is 1. The van der Waals surface area contributed by atoms with Crippen molar-refractivity contribution in [3.63, 3.8) is 0 Å². The predicted molar refractivity (Wildman–Crippen MR) is 75.8 cm³/mol. The van der Waals surface area contributed by atoms with E-state index in [-0.39, 0.29) is 5.57 Å². The lowest BCUT2D eigenvalue weighted by Crippen LogP contribution is -1.98. The Balaban J connectivity index is 2.05. The molecule has 0 bridgehead atoms. The highest BCUT2D eigenvalue weighted by atomic mass is 16.3. The fourth-order valence-electron chi connectivity index (χ4n) is 2.64. The standard InChI is InChI=1S/C16H13N3O/c17-8-11(9-18)10-19-14-6-3-5-13-12-4-1-2-7-15(12)20-16(13)14/h3,5-6,10,19H,1-2,4,7H2. The van der Waals surface area contributed by atoms with Crippen LogP contribution in [0.2, 0.25) is 0 Å². The molecule has 20 heavy (non-hydrogen) atoms. The van der Waals surface area contributed by atoms with E-state index in [9.17, 15) is 0 Å². The molecule has 1 aromatic carbocycles. The van der Waals surface area contributed by atoms with Crippen LogP contribution in [-0.4, -0.2) is 0 Å². The Morgan fingerprint density at radius 1 is 1.20 bits per heavy atom. The molecule has 0 saturated heterocycles. The van der Waals surface area contributed by atoms with E-state index >= 15 is 0 Å². The first-order valence-electron chi connectivity index (χ1n) is 6.63. The number of para-hydroxylation sites is 1. The SMILES string of the molecule is N#CC(C#N)=CNc1cccc2c3c(oc12)CCCC3. The Kier molecular flexibility index (Phi) is 3.15. The third kappa shape index (κ3) is 2.02. The van der Waals surface area contributed by atoms with Gasteiger partial charge in [-0.2, -0.15) is 10.5 Å². The monoisotopic (exact) mass is 263 g/mol. The molecule has 1 N–H and O–H groups in total. The van der Waals surface area contributed by atoms with Crippen LogP contribution >= 0.6 is 0 Å². The molecule has 2 aromatic rings. The van der Waals surface area contributed by atoms with Crippen molar-refractivity contribution in [3.05, 3.63) is 41.3 Å². The van der Waals surface area contributed by atoms with Crippen molar-refractivity contribution in [2.75, 3.05) is 5.32 Å². The maximum Gasteiger partial charge on any atom is 0.157 e. The molecule has 0 aliphatic heterocycles. The van der Waals surface area contributed by atoms with Crippen LogP contribution in [0.3, 0.4) is 0 Å². The average molecular weight is 263 g/mol. The average Bonchev–Trinajstić information content (AvgIpc) is 2.88. The van der Waals surface area contributed by atoms with E-state index in [1.807, 2.05) is 24.3 Å². The minimum absolute atomic E-state index is 0.0401. The smallest absolute Gasteiger partial charge is 0.157 e. The molecule has 1 aliphatic rings. The summed E-state index contributed by atoms with van der Waals surface area (Å²) in [7, 11) is 0. The van der Waals surface area contributed by atoms with Gasteiger partial charge in [0.1, 0.15) is 23.5 Å². The van der Waals surface area contributed by atoms with Crippen LogP contribution in [0.15, 0.2) is 34.4 Å². The highest BCUT2D eigenvalue weighted by molar-refractivity contribution is 5.92. The van der Waals surface area contributed by atoms with Gasteiger partial charge in [-0.05, 0) is 25.3 Å². The van der Waals surface area contributed by atoms with Crippen molar-refractivity contribution >= 4 is 16.7 Å². The molecule has 0 saturated carbocycles. The fraction of sp³-hybridized carbons (Fsp3) is 0.250. The first kappa shape index (κ1) is 12.3. The summed E-state index contributed by atoms with van der Waals surface area (Å²) in [5.41, 5.74) is 2.95. The van der Waals surface area contributed by atoms with E-state index in [1.165, 1.54) is 24.6 Å². The number of benzene rings is 1. The number of allylic oxidation sites excluding steroid dienone is 1. The molecule has 98 valence electrons. The lowest BCUT2D eigenvalue weighted by molar-refractivity contribution is 0.506. The van der Waals surface area contributed by atoms with Gasteiger partial charge in [0, 0.05) is 23.6 Å². The number of fused-ring (bicyclic) bond motifs is 3. The summed E-state index contributed by atoms with van der Waals surface area (Å²) in [5.74, 6) is 1.07. The van der Waals surface area contributed by atoms with Crippen LogP contribution in [0, 0.1) is 22.7 Å². The maximum atomic E-state index is 8.75. The van der Waals surface area contributed by atoms with Gasteiger partial charge >= 0.3 is 0 Å². The number of nitrogens with one attached hydrogen (secondary N) is 1. The molecule has 1 heterocycles. The van der Waals surface area contributed by atoms with Gasteiger partial charge in [0.05, 0.1) is 5.69 Å². The highest BCUT2D eigenvalue weighted by Gasteiger charge is 2.18. The van der Waals surface area contributed by atoms with Gasteiger partial charge in [0.2, 0.25) is 0 Å². The summed E-state index contributed by atoms with van der Waals surface area (Å²) in [5, 5.41) is 21.6. The molecule has 4 nitrogen and oxygen atoms in total. The van der Waals surface area contributed by atoms with Crippen LogP contribution < -0.4 is 5.32 Å². The van der Waals surface area contributed by atoms with E-state index in [0.29, 0.717) is 0 Å². The highest BCUT2D eigenvalue weighted by Crippen LogP contribution is 2.35. The van der Waals surface area contributed by atoms with Crippen molar-refractivity contribution < 1.29 is 4.42 Å². The molecule has 0 radical (unpaired) electrons. The summed E-state index contributed by atoms with van der Waals surface area (Å²) in [4.78, 5) is 0. The normalized spacial score (nSPS) is 13.1. The second-order valence-electron chi connectivity index (χ2n) is 4.82. The zero-order valence-corrected chi connectivity index (χ0v) is 10.9. The number of aryl methyl sites for hydroxylation is 2. The molecule has 3 rings (SSSR count).